The molecule has 1 fully saturated rings. The van der Waals surface area contributed by atoms with Crippen LogP contribution in [0, 0.1) is 0 Å². The Labute approximate surface area is 89.4 Å². The monoisotopic (exact) mass is 236 g/mol. The van der Waals surface area contributed by atoms with Gasteiger partial charge < -0.3 is 5.11 Å². The van der Waals surface area contributed by atoms with Gasteiger partial charge in [-0.2, -0.15) is 17.4 Å². The molecule has 0 atom stereocenters. The number of nitrogens with zero attached hydrogens (tertiary/aromatic N) is 1. The first-order chi connectivity index (χ1) is 6.95. The maximum atomic E-state index is 11.6. The highest BCUT2D eigenvalue weighted by Crippen LogP contribution is 2.20. The van der Waals surface area contributed by atoms with Crippen LogP contribution in [-0.4, -0.2) is 42.9 Å². The predicted molar refractivity (Wildman–Crippen MR) is 54.6 cm³/mol. The summed E-state index contributed by atoms with van der Waals surface area (Å²) in [6.07, 6.45) is 1.57. The summed E-state index contributed by atoms with van der Waals surface area (Å²) >= 11 is 0. The van der Waals surface area contributed by atoms with Crippen LogP contribution in [0.2, 0.25) is 0 Å². The molecule has 0 saturated heterocycles. The average molecular weight is 236 g/mol. The number of rotatable bonds is 7. The molecule has 1 saturated carbocycles. The highest BCUT2D eigenvalue weighted by Gasteiger charge is 2.30. The first kappa shape index (κ1) is 12.4. The Morgan fingerprint density at radius 1 is 1.53 bits per heavy atom. The smallest absolute Gasteiger partial charge is 0.304 e. The first-order valence-corrected chi connectivity index (χ1v) is 6.39. The Bertz CT molecular complexity index is 324. The minimum absolute atomic E-state index is 0.0217. The van der Waals surface area contributed by atoms with E-state index in [9.17, 15) is 13.2 Å². The molecule has 2 N–H and O–H groups in total. The van der Waals surface area contributed by atoms with E-state index in [0.717, 1.165) is 17.1 Å². The van der Waals surface area contributed by atoms with Gasteiger partial charge in [-0.15, -0.1) is 0 Å². The molecule has 0 unspecified atom stereocenters. The number of aliphatic carboxylic acids is 1. The highest BCUT2D eigenvalue weighted by molar-refractivity contribution is 7.87. The summed E-state index contributed by atoms with van der Waals surface area (Å²) in [4.78, 5) is 10.3. The molecule has 0 aliphatic heterocycles. The average Bonchev–Trinajstić information content (AvgIpc) is 2.87. The molecule has 6 nitrogen and oxygen atoms in total. The van der Waals surface area contributed by atoms with Crippen LogP contribution in [0.4, 0.5) is 0 Å². The van der Waals surface area contributed by atoms with Gasteiger partial charge in [-0.25, -0.2) is 0 Å². The van der Waals surface area contributed by atoms with Crippen LogP contribution < -0.4 is 4.72 Å². The molecule has 1 aliphatic rings. The minimum atomic E-state index is -3.48. The number of carbonyl (C=O) groups is 1. The molecule has 0 spiro atoms. The molecule has 0 aromatic heterocycles. The minimum Gasteiger partial charge on any atom is -0.481 e. The van der Waals surface area contributed by atoms with Crippen molar-refractivity contribution in [2.45, 2.75) is 32.2 Å². The van der Waals surface area contributed by atoms with Crippen molar-refractivity contribution >= 4 is 16.2 Å². The van der Waals surface area contributed by atoms with Crippen molar-refractivity contribution in [3.8, 4) is 0 Å². The lowest BCUT2D eigenvalue weighted by Crippen LogP contribution is -2.42. The zero-order chi connectivity index (χ0) is 11.5. The van der Waals surface area contributed by atoms with Gasteiger partial charge in [0.15, 0.2) is 0 Å². The molecule has 0 radical (unpaired) electrons. The quantitative estimate of drug-likeness (QED) is 0.640. The molecule has 1 aliphatic carbocycles. The van der Waals surface area contributed by atoms with E-state index < -0.39 is 16.2 Å². The van der Waals surface area contributed by atoms with Crippen LogP contribution in [0.15, 0.2) is 0 Å². The third kappa shape index (κ3) is 4.15. The standard InChI is InChI=1S/C8H16N2O4S/c1-2-10(6-5-8(11)12)15(13,14)9-7-3-4-7/h7,9H,2-6H2,1H3,(H,11,12). The second-order valence-corrected chi connectivity index (χ2v) is 5.23. The van der Waals surface area contributed by atoms with Gasteiger partial charge in [0.2, 0.25) is 0 Å². The van der Waals surface area contributed by atoms with E-state index >= 15 is 0 Å². The van der Waals surface area contributed by atoms with Gasteiger partial charge in [0.05, 0.1) is 6.42 Å². The molecule has 0 aromatic carbocycles. The first-order valence-electron chi connectivity index (χ1n) is 4.95. The second-order valence-electron chi connectivity index (χ2n) is 3.53. The Balaban J connectivity index is 2.50. The van der Waals surface area contributed by atoms with Crippen LogP contribution in [0.3, 0.4) is 0 Å². The molecular formula is C8H16N2O4S. The van der Waals surface area contributed by atoms with Crippen molar-refractivity contribution in [1.82, 2.24) is 9.03 Å². The normalized spacial score (nSPS) is 16.9. The summed E-state index contributed by atoms with van der Waals surface area (Å²) in [7, 11) is -3.48. The third-order valence-electron chi connectivity index (χ3n) is 2.16. The number of nitrogens with one attached hydrogen (secondary N) is 1. The fourth-order valence-corrected chi connectivity index (χ4v) is 2.63. The molecule has 0 heterocycles. The number of hydrogen-bond donors (Lipinski definition) is 2. The molecule has 15 heavy (non-hydrogen) atoms. The van der Waals surface area contributed by atoms with Crippen LogP contribution in [0.25, 0.3) is 0 Å². The molecule has 88 valence electrons. The van der Waals surface area contributed by atoms with E-state index in [0.29, 0.717) is 0 Å². The van der Waals surface area contributed by atoms with E-state index in [4.69, 9.17) is 5.11 Å². The number of carboxylic acid groups (broad SMARTS) is 1. The van der Waals surface area contributed by atoms with Gasteiger partial charge in [-0.05, 0) is 12.8 Å². The van der Waals surface area contributed by atoms with E-state index in [-0.39, 0.29) is 25.6 Å². The Morgan fingerprint density at radius 3 is 2.53 bits per heavy atom. The number of hydrogen-bond acceptors (Lipinski definition) is 3. The Hall–Kier alpha value is -0.660. The number of carboxylic acids is 1. The van der Waals surface area contributed by atoms with Gasteiger partial charge in [0, 0.05) is 19.1 Å². The highest BCUT2D eigenvalue weighted by atomic mass is 32.2. The zero-order valence-corrected chi connectivity index (χ0v) is 9.46. The second kappa shape index (κ2) is 4.91. The van der Waals surface area contributed by atoms with Crippen molar-refractivity contribution in [2.24, 2.45) is 0 Å². The van der Waals surface area contributed by atoms with Gasteiger partial charge in [-0.3, -0.25) is 4.79 Å². The molecule has 0 aromatic rings. The molecule has 7 heteroatoms. The summed E-state index contributed by atoms with van der Waals surface area (Å²) in [6.45, 7) is 2.00. The van der Waals surface area contributed by atoms with Crippen molar-refractivity contribution in [3.63, 3.8) is 0 Å². The summed E-state index contributed by atoms with van der Waals surface area (Å²) in [5.74, 6) is -0.991. The van der Waals surface area contributed by atoms with E-state index in [2.05, 4.69) is 4.72 Å². The van der Waals surface area contributed by atoms with Crippen molar-refractivity contribution in [2.75, 3.05) is 13.1 Å². The van der Waals surface area contributed by atoms with Crippen molar-refractivity contribution in [1.29, 1.82) is 0 Å². The summed E-state index contributed by atoms with van der Waals surface area (Å²) in [6, 6.07) is 0.0499. The largest absolute Gasteiger partial charge is 0.481 e. The SMILES string of the molecule is CCN(CCC(=O)O)S(=O)(=O)NC1CC1. The van der Waals surface area contributed by atoms with E-state index in [1.165, 1.54) is 0 Å². The zero-order valence-electron chi connectivity index (χ0n) is 8.64. The summed E-state index contributed by atoms with van der Waals surface area (Å²) in [5.41, 5.74) is 0. The van der Waals surface area contributed by atoms with Crippen molar-refractivity contribution < 1.29 is 18.3 Å². The Kier molecular flexibility index (Phi) is 4.06. The lowest BCUT2D eigenvalue weighted by Gasteiger charge is -2.19. The van der Waals surface area contributed by atoms with E-state index in [1.54, 1.807) is 6.92 Å². The molecule has 1 rings (SSSR count). The Morgan fingerprint density at radius 2 is 2.13 bits per heavy atom. The lowest BCUT2D eigenvalue weighted by atomic mass is 10.4. The fraction of sp³-hybridized carbons (Fsp3) is 0.875. The van der Waals surface area contributed by atoms with E-state index in [1.807, 2.05) is 0 Å². The van der Waals surface area contributed by atoms with Gasteiger partial charge in [-0.1, -0.05) is 6.92 Å². The van der Waals surface area contributed by atoms with Gasteiger partial charge in [0.25, 0.3) is 10.2 Å². The summed E-state index contributed by atoms with van der Waals surface area (Å²) < 4.78 is 27.0. The molecular weight excluding hydrogens is 220 g/mol. The van der Waals surface area contributed by atoms with Crippen LogP contribution in [0.5, 0.6) is 0 Å². The maximum Gasteiger partial charge on any atom is 0.304 e. The van der Waals surface area contributed by atoms with Crippen LogP contribution in [0.1, 0.15) is 26.2 Å². The topological polar surface area (TPSA) is 86.7 Å². The third-order valence-corrected chi connectivity index (χ3v) is 3.91. The maximum absolute atomic E-state index is 11.6. The molecule has 0 bridgehead atoms. The van der Waals surface area contributed by atoms with Crippen molar-refractivity contribution in [3.05, 3.63) is 0 Å². The fourth-order valence-electron chi connectivity index (χ4n) is 1.15. The van der Waals surface area contributed by atoms with Crippen LogP contribution >= 0.6 is 0 Å². The lowest BCUT2D eigenvalue weighted by molar-refractivity contribution is -0.137. The van der Waals surface area contributed by atoms with Gasteiger partial charge in [0.1, 0.15) is 0 Å². The predicted octanol–water partition coefficient (Wildman–Crippen LogP) is -0.220. The molecule has 0 amide bonds. The van der Waals surface area contributed by atoms with Gasteiger partial charge >= 0.3 is 5.97 Å². The summed E-state index contributed by atoms with van der Waals surface area (Å²) in [5, 5.41) is 8.48. The van der Waals surface area contributed by atoms with Crippen LogP contribution in [-0.2, 0) is 15.0 Å².